The predicted octanol–water partition coefficient (Wildman–Crippen LogP) is 1.94. The SMILES string of the molecule is O=C(c1ccoc1Cl)N1CC2CCC(C1)O2. The first-order valence-electron chi connectivity index (χ1n) is 5.42. The van der Waals surface area contributed by atoms with Crippen molar-refractivity contribution in [3.8, 4) is 0 Å². The van der Waals surface area contributed by atoms with E-state index in [4.69, 9.17) is 20.8 Å². The predicted molar refractivity (Wildman–Crippen MR) is 57.5 cm³/mol. The summed E-state index contributed by atoms with van der Waals surface area (Å²) in [5.41, 5.74) is 0.447. The molecule has 0 radical (unpaired) electrons. The Morgan fingerprint density at radius 1 is 1.38 bits per heavy atom. The lowest BCUT2D eigenvalue weighted by atomic mass is 10.2. The largest absolute Gasteiger partial charge is 0.452 e. The van der Waals surface area contributed by atoms with Crippen LogP contribution in [-0.4, -0.2) is 36.1 Å². The highest BCUT2D eigenvalue weighted by Gasteiger charge is 2.36. The van der Waals surface area contributed by atoms with E-state index in [0.29, 0.717) is 18.7 Å². The number of morpholine rings is 1. The highest BCUT2D eigenvalue weighted by molar-refractivity contribution is 6.32. The van der Waals surface area contributed by atoms with E-state index < -0.39 is 0 Å². The number of amides is 1. The van der Waals surface area contributed by atoms with Crippen LogP contribution >= 0.6 is 11.6 Å². The topological polar surface area (TPSA) is 42.7 Å². The normalized spacial score (nSPS) is 28.4. The van der Waals surface area contributed by atoms with E-state index in [1.165, 1.54) is 6.26 Å². The number of fused-ring (bicyclic) bond motifs is 2. The summed E-state index contributed by atoms with van der Waals surface area (Å²) in [6.07, 6.45) is 3.94. The minimum atomic E-state index is -0.0565. The van der Waals surface area contributed by atoms with Crippen molar-refractivity contribution in [2.24, 2.45) is 0 Å². The first-order valence-corrected chi connectivity index (χ1v) is 5.79. The lowest BCUT2D eigenvalue weighted by molar-refractivity contribution is -0.0303. The molecule has 2 bridgehead atoms. The molecule has 0 aliphatic carbocycles. The lowest BCUT2D eigenvalue weighted by Crippen LogP contribution is -2.45. The summed E-state index contributed by atoms with van der Waals surface area (Å²) < 4.78 is 10.6. The average molecular weight is 242 g/mol. The molecule has 2 unspecified atom stereocenters. The summed E-state index contributed by atoms with van der Waals surface area (Å²) in [6, 6.07) is 1.61. The van der Waals surface area contributed by atoms with Crippen molar-refractivity contribution in [2.45, 2.75) is 25.0 Å². The summed E-state index contributed by atoms with van der Waals surface area (Å²) in [4.78, 5) is 13.9. The third-order valence-electron chi connectivity index (χ3n) is 3.18. The van der Waals surface area contributed by atoms with Gasteiger partial charge in [-0.15, -0.1) is 0 Å². The van der Waals surface area contributed by atoms with Gasteiger partial charge in [0.2, 0.25) is 5.22 Å². The lowest BCUT2D eigenvalue weighted by Gasteiger charge is -2.31. The number of rotatable bonds is 1. The van der Waals surface area contributed by atoms with Crippen LogP contribution in [0.15, 0.2) is 16.7 Å². The van der Waals surface area contributed by atoms with Gasteiger partial charge in [0, 0.05) is 13.1 Å². The molecule has 3 rings (SSSR count). The Morgan fingerprint density at radius 2 is 2.06 bits per heavy atom. The molecule has 2 aliphatic heterocycles. The summed E-state index contributed by atoms with van der Waals surface area (Å²) in [6.45, 7) is 1.33. The van der Waals surface area contributed by atoms with Crippen molar-refractivity contribution in [2.75, 3.05) is 13.1 Å². The number of hydrogen-bond acceptors (Lipinski definition) is 3. The molecule has 2 aliphatic rings. The molecule has 5 heteroatoms. The first kappa shape index (κ1) is 10.2. The highest BCUT2D eigenvalue weighted by Crippen LogP contribution is 2.28. The highest BCUT2D eigenvalue weighted by atomic mass is 35.5. The Labute approximate surface area is 98.1 Å². The fourth-order valence-corrected chi connectivity index (χ4v) is 2.59. The fraction of sp³-hybridized carbons (Fsp3) is 0.545. The smallest absolute Gasteiger partial charge is 0.258 e. The van der Waals surface area contributed by atoms with Gasteiger partial charge in [-0.3, -0.25) is 4.79 Å². The van der Waals surface area contributed by atoms with Crippen molar-refractivity contribution in [1.82, 2.24) is 4.90 Å². The second-order valence-corrected chi connectivity index (χ2v) is 4.62. The molecule has 2 fully saturated rings. The fourth-order valence-electron chi connectivity index (χ4n) is 2.40. The molecule has 4 nitrogen and oxygen atoms in total. The van der Waals surface area contributed by atoms with Crippen LogP contribution in [0.5, 0.6) is 0 Å². The van der Waals surface area contributed by atoms with Gasteiger partial charge >= 0.3 is 0 Å². The van der Waals surface area contributed by atoms with Crippen LogP contribution in [0.1, 0.15) is 23.2 Å². The summed E-state index contributed by atoms with van der Waals surface area (Å²) in [7, 11) is 0. The van der Waals surface area contributed by atoms with Gasteiger partial charge in [-0.2, -0.15) is 0 Å². The minimum Gasteiger partial charge on any atom is -0.452 e. The van der Waals surface area contributed by atoms with E-state index >= 15 is 0 Å². The summed E-state index contributed by atoms with van der Waals surface area (Å²) in [5.74, 6) is -0.0565. The molecule has 2 atom stereocenters. The van der Waals surface area contributed by atoms with Crippen LogP contribution < -0.4 is 0 Å². The maximum absolute atomic E-state index is 12.1. The van der Waals surface area contributed by atoms with Crippen molar-refractivity contribution >= 4 is 17.5 Å². The molecule has 3 heterocycles. The molecule has 0 saturated carbocycles. The molecular formula is C11H12ClNO3. The Bertz CT molecular complexity index is 405. The molecular weight excluding hydrogens is 230 g/mol. The Hall–Kier alpha value is -1.00. The standard InChI is InChI=1S/C11H12ClNO3/c12-10-9(3-4-15-10)11(14)13-5-7-1-2-8(6-13)16-7/h3-4,7-8H,1-2,5-6H2. The van der Waals surface area contributed by atoms with Gasteiger partial charge in [0.05, 0.1) is 24.0 Å². The minimum absolute atomic E-state index is 0.0565. The van der Waals surface area contributed by atoms with Crippen LogP contribution in [0.2, 0.25) is 5.22 Å². The van der Waals surface area contributed by atoms with Crippen LogP contribution in [0.3, 0.4) is 0 Å². The van der Waals surface area contributed by atoms with Crippen LogP contribution in [0.4, 0.5) is 0 Å². The number of furan rings is 1. The molecule has 0 spiro atoms. The molecule has 0 aromatic carbocycles. The number of likely N-dealkylation sites (tertiary alicyclic amines) is 1. The number of carbonyl (C=O) groups excluding carboxylic acids is 1. The van der Waals surface area contributed by atoms with Crippen molar-refractivity contribution in [1.29, 1.82) is 0 Å². The van der Waals surface area contributed by atoms with E-state index in [-0.39, 0.29) is 23.3 Å². The second-order valence-electron chi connectivity index (χ2n) is 4.28. The zero-order valence-corrected chi connectivity index (χ0v) is 9.44. The number of ether oxygens (including phenoxy) is 1. The molecule has 16 heavy (non-hydrogen) atoms. The monoisotopic (exact) mass is 241 g/mol. The van der Waals surface area contributed by atoms with Gasteiger partial charge in [-0.25, -0.2) is 0 Å². The molecule has 1 amide bonds. The van der Waals surface area contributed by atoms with Gasteiger partial charge in [0.1, 0.15) is 0 Å². The van der Waals surface area contributed by atoms with E-state index in [1.54, 1.807) is 6.07 Å². The zero-order valence-electron chi connectivity index (χ0n) is 8.69. The quantitative estimate of drug-likeness (QED) is 0.755. The van der Waals surface area contributed by atoms with Gasteiger partial charge in [-0.05, 0) is 30.5 Å². The third kappa shape index (κ3) is 1.62. The van der Waals surface area contributed by atoms with Crippen LogP contribution in [0.25, 0.3) is 0 Å². The van der Waals surface area contributed by atoms with Gasteiger partial charge in [0.25, 0.3) is 5.91 Å². The van der Waals surface area contributed by atoms with E-state index in [2.05, 4.69) is 0 Å². The second kappa shape index (κ2) is 3.79. The Balaban J connectivity index is 1.79. The van der Waals surface area contributed by atoms with E-state index in [1.807, 2.05) is 4.90 Å². The number of hydrogen-bond donors (Lipinski definition) is 0. The molecule has 0 N–H and O–H groups in total. The third-order valence-corrected chi connectivity index (χ3v) is 3.47. The Morgan fingerprint density at radius 3 is 2.62 bits per heavy atom. The molecule has 86 valence electrons. The van der Waals surface area contributed by atoms with Crippen LogP contribution in [-0.2, 0) is 4.74 Å². The molecule has 2 saturated heterocycles. The van der Waals surface area contributed by atoms with Gasteiger partial charge in [-0.1, -0.05) is 0 Å². The van der Waals surface area contributed by atoms with Gasteiger partial charge in [0.15, 0.2) is 0 Å². The van der Waals surface area contributed by atoms with Crippen LogP contribution in [0, 0.1) is 0 Å². The first-order chi connectivity index (χ1) is 7.74. The van der Waals surface area contributed by atoms with Crippen molar-refractivity contribution in [3.63, 3.8) is 0 Å². The summed E-state index contributed by atoms with van der Waals surface area (Å²) in [5, 5.41) is 0.170. The maximum Gasteiger partial charge on any atom is 0.258 e. The number of nitrogens with zero attached hydrogens (tertiary/aromatic N) is 1. The maximum atomic E-state index is 12.1. The van der Waals surface area contributed by atoms with Crippen molar-refractivity contribution in [3.05, 3.63) is 23.1 Å². The average Bonchev–Trinajstić information content (AvgIpc) is 2.84. The molecule has 1 aromatic rings. The van der Waals surface area contributed by atoms with E-state index in [0.717, 1.165) is 12.8 Å². The number of carbonyl (C=O) groups is 1. The zero-order chi connectivity index (χ0) is 11.1. The van der Waals surface area contributed by atoms with Gasteiger partial charge < -0.3 is 14.1 Å². The number of halogens is 1. The van der Waals surface area contributed by atoms with Crippen molar-refractivity contribution < 1.29 is 13.9 Å². The van der Waals surface area contributed by atoms with E-state index in [9.17, 15) is 4.79 Å². The Kier molecular flexibility index (Phi) is 2.41. The molecule has 1 aromatic heterocycles. The summed E-state index contributed by atoms with van der Waals surface area (Å²) >= 11 is 5.80.